The van der Waals surface area contributed by atoms with Crippen molar-refractivity contribution in [1.29, 1.82) is 0 Å². The molecule has 26 heavy (non-hydrogen) atoms. The van der Waals surface area contributed by atoms with Gasteiger partial charge in [-0.15, -0.1) is 10.2 Å². The third-order valence-electron chi connectivity index (χ3n) is 4.47. The average Bonchev–Trinajstić information content (AvgIpc) is 3.32. The van der Waals surface area contributed by atoms with Crippen LogP contribution in [0.1, 0.15) is 31.7 Å². The van der Waals surface area contributed by atoms with Crippen molar-refractivity contribution >= 4 is 17.3 Å². The number of benzene rings is 2. The Bertz CT molecular complexity index is 890. The fraction of sp³-hybridized carbons (Fsp3) is 0.250. The van der Waals surface area contributed by atoms with E-state index in [1.165, 1.54) is 0 Å². The molecule has 6 heteroatoms. The van der Waals surface area contributed by atoms with Crippen molar-refractivity contribution in [1.82, 2.24) is 10.2 Å². The lowest BCUT2D eigenvalue weighted by atomic mass is 10.2. The lowest BCUT2D eigenvalue weighted by Crippen LogP contribution is -2.23. The summed E-state index contributed by atoms with van der Waals surface area (Å²) in [4.78, 5) is 13.7. The van der Waals surface area contributed by atoms with Gasteiger partial charge in [-0.05, 0) is 49.7 Å². The Hall–Kier alpha value is -3.15. The first-order valence-electron chi connectivity index (χ1n) is 8.76. The average molecular weight is 348 g/mol. The molecular weight excluding hydrogens is 328 g/mol. The molecule has 1 aliphatic heterocycles. The summed E-state index contributed by atoms with van der Waals surface area (Å²) in [5, 5.41) is 11.6. The molecular formula is C20H20N4O2. The van der Waals surface area contributed by atoms with Crippen LogP contribution in [-0.2, 0) is 4.79 Å². The maximum absolute atomic E-state index is 11.8. The zero-order chi connectivity index (χ0) is 17.9. The smallest absolute Gasteiger partial charge is 0.247 e. The summed E-state index contributed by atoms with van der Waals surface area (Å²) in [6, 6.07) is 17.4. The number of carbonyl (C=O) groups excluding carboxylic acids is 1. The molecule has 1 aliphatic rings. The molecule has 0 bridgehead atoms. The number of hydrogen-bond donors (Lipinski definition) is 1. The zero-order valence-electron chi connectivity index (χ0n) is 14.6. The predicted molar refractivity (Wildman–Crippen MR) is 99.8 cm³/mol. The van der Waals surface area contributed by atoms with E-state index in [1.807, 2.05) is 66.4 Å². The molecule has 0 aliphatic carbocycles. The second-order valence-electron chi connectivity index (χ2n) is 6.37. The van der Waals surface area contributed by atoms with Crippen LogP contribution in [0.5, 0.6) is 0 Å². The molecule has 2 heterocycles. The molecule has 1 amide bonds. The quantitative estimate of drug-likeness (QED) is 0.753. The highest BCUT2D eigenvalue weighted by atomic mass is 16.4. The topological polar surface area (TPSA) is 71.3 Å². The summed E-state index contributed by atoms with van der Waals surface area (Å²) in [6.07, 6.45) is 1.56. The molecule has 1 fully saturated rings. The Morgan fingerprint density at radius 2 is 1.85 bits per heavy atom. The largest absolute Gasteiger partial charge is 0.418 e. The van der Waals surface area contributed by atoms with E-state index in [2.05, 4.69) is 15.5 Å². The van der Waals surface area contributed by atoms with Crippen LogP contribution in [0.3, 0.4) is 0 Å². The Morgan fingerprint density at radius 3 is 2.54 bits per heavy atom. The van der Waals surface area contributed by atoms with Crippen LogP contribution in [0.15, 0.2) is 59.0 Å². The van der Waals surface area contributed by atoms with Crippen LogP contribution < -0.4 is 10.2 Å². The van der Waals surface area contributed by atoms with Crippen molar-refractivity contribution in [2.75, 3.05) is 16.8 Å². The normalized spacial score (nSPS) is 15.3. The van der Waals surface area contributed by atoms with E-state index in [4.69, 9.17) is 4.42 Å². The number of amides is 1. The van der Waals surface area contributed by atoms with Crippen molar-refractivity contribution in [3.05, 3.63) is 60.5 Å². The molecule has 132 valence electrons. The number of anilines is 2. The first-order chi connectivity index (χ1) is 12.7. The van der Waals surface area contributed by atoms with Crippen LogP contribution in [0.4, 0.5) is 11.4 Å². The highest BCUT2D eigenvalue weighted by Crippen LogP contribution is 2.26. The molecule has 4 rings (SSSR count). The van der Waals surface area contributed by atoms with Gasteiger partial charge in [0.2, 0.25) is 17.7 Å². The second-order valence-corrected chi connectivity index (χ2v) is 6.37. The van der Waals surface area contributed by atoms with Crippen molar-refractivity contribution in [3.8, 4) is 11.5 Å². The standard InChI is InChI=1S/C20H20N4O2/c1-14(19-22-23-20(26-19)15-6-3-2-4-7-15)21-16-9-11-17(12-10-16)24-13-5-8-18(24)25/h2-4,6-7,9-12,14,21H,5,8,13H2,1H3/t14-/m0/s1. The second kappa shape index (κ2) is 7.00. The van der Waals surface area contributed by atoms with E-state index < -0.39 is 0 Å². The van der Waals surface area contributed by atoms with Gasteiger partial charge in [0.1, 0.15) is 6.04 Å². The molecule has 1 aromatic heterocycles. The molecule has 0 unspecified atom stereocenters. The van der Waals surface area contributed by atoms with Crippen LogP contribution in [-0.4, -0.2) is 22.6 Å². The van der Waals surface area contributed by atoms with Gasteiger partial charge in [-0.25, -0.2) is 0 Å². The number of hydrogen-bond acceptors (Lipinski definition) is 5. The van der Waals surface area contributed by atoms with Gasteiger partial charge in [-0.3, -0.25) is 4.79 Å². The van der Waals surface area contributed by atoms with E-state index in [0.29, 0.717) is 18.2 Å². The number of nitrogens with zero attached hydrogens (tertiary/aromatic N) is 3. The number of nitrogens with one attached hydrogen (secondary N) is 1. The maximum Gasteiger partial charge on any atom is 0.247 e. The molecule has 1 saturated heterocycles. The number of aromatic nitrogens is 2. The molecule has 6 nitrogen and oxygen atoms in total. The summed E-state index contributed by atoms with van der Waals surface area (Å²) >= 11 is 0. The lowest BCUT2D eigenvalue weighted by Gasteiger charge is -2.17. The summed E-state index contributed by atoms with van der Waals surface area (Å²) in [5.41, 5.74) is 2.78. The van der Waals surface area contributed by atoms with Gasteiger partial charge in [0.15, 0.2) is 0 Å². The van der Waals surface area contributed by atoms with Crippen LogP contribution >= 0.6 is 0 Å². The predicted octanol–water partition coefficient (Wildman–Crippen LogP) is 4.04. The SMILES string of the molecule is C[C@H](Nc1ccc(N2CCCC2=O)cc1)c1nnc(-c2ccccc2)o1. The van der Waals surface area contributed by atoms with Crippen LogP contribution in [0.25, 0.3) is 11.5 Å². The Kier molecular flexibility index (Phi) is 4.39. The first kappa shape index (κ1) is 16.3. The Balaban J connectivity index is 1.44. The van der Waals surface area contributed by atoms with Crippen molar-refractivity contribution in [3.63, 3.8) is 0 Å². The zero-order valence-corrected chi connectivity index (χ0v) is 14.6. The molecule has 2 aromatic carbocycles. The fourth-order valence-corrected chi connectivity index (χ4v) is 3.08. The third-order valence-corrected chi connectivity index (χ3v) is 4.47. The Labute approximate surface area is 151 Å². The molecule has 0 spiro atoms. The van der Waals surface area contributed by atoms with Gasteiger partial charge in [-0.2, -0.15) is 0 Å². The minimum Gasteiger partial charge on any atom is -0.418 e. The molecule has 3 aromatic rings. The fourth-order valence-electron chi connectivity index (χ4n) is 3.08. The number of carbonyl (C=O) groups is 1. The molecule has 0 radical (unpaired) electrons. The van der Waals surface area contributed by atoms with Crippen molar-refractivity contribution < 1.29 is 9.21 Å². The first-order valence-corrected chi connectivity index (χ1v) is 8.76. The summed E-state index contributed by atoms with van der Waals surface area (Å²) in [7, 11) is 0. The molecule has 0 saturated carbocycles. The van der Waals surface area contributed by atoms with Gasteiger partial charge in [0.25, 0.3) is 0 Å². The minimum absolute atomic E-state index is 0.126. The van der Waals surface area contributed by atoms with Gasteiger partial charge in [0.05, 0.1) is 0 Å². The van der Waals surface area contributed by atoms with Gasteiger partial charge >= 0.3 is 0 Å². The van der Waals surface area contributed by atoms with Crippen molar-refractivity contribution in [2.24, 2.45) is 0 Å². The monoisotopic (exact) mass is 348 g/mol. The highest BCUT2D eigenvalue weighted by molar-refractivity contribution is 5.95. The van der Waals surface area contributed by atoms with Crippen LogP contribution in [0, 0.1) is 0 Å². The number of rotatable bonds is 5. The summed E-state index contributed by atoms with van der Waals surface area (Å²) in [5.74, 6) is 1.23. The molecule has 1 N–H and O–H groups in total. The van der Waals surface area contributed by atoms with Crippen LogP contribution in [0.2, 0.25) is 0 Å². The van der Waals surface area contributed by atoms with E-state index in [9.17, 15) is 4.79 Å². The minimum atomic E-state index is -0.126. The highest BCUT2D eigenvalue weighted by Gasteiger charge is 2.21. The van der Waals surface area contributed by atoms with E-state index in [1.54, 1.807) is 0 Å². The summed E-state index contributed by atoms with van der Waals surface area (Å²) < 4.78 is 5.79. The molecule has 1 atom stereocenters. The van der Waals surface area contributed by atoms with E-state index >= 15 is 0 Å². The van der Waals surface area contributed by atoms with Gasteiger partial charge in [-0.1, -0.05) is 18.2 Å². The lowest BCUT2D eigenvalue weighted by molar-refractivity contribution is -0.117. The van der Waals surface area contributed by atoms with Crippen molar-refractivity contribution in [2.45, 2.75) is 25.8 Å². The van der Waals surface area contributed by atoms with E-state index in [-0.39, 0.29) is 11.9 Å². The van der Waals surface area contributed by atoms with E-state index in [0.717, 1.165) is 29.9 Å². The Morgan fingerprint density at radius 1 is 1.08 bits per heavy atom. The summed E-state index contributed by atoms with van der Waals surface area (Å²) in [6.45, 7) is 2.77. The third kappa shape index (κ3) is 3.31. The maximum atomic E-state index is 11.8. The van der Waals surface area contributed by atoms with Gasteiger partial charge in [0, 0.05) is 29.9 Å². The van der Waals surface area contributed by atoms with Gasteiger partial charge < -0.3 is 14.6 Å².